The Kier molecular flexibility index (Phi) is 12.4. The molecule has 0 aliphatic rings. The average molecular weight is 530 g/mol. The standard InChI is InChI=1S/C11H24N2O10P6/c1-24(14)20-28(18,21-25(2)15)11(6-5-10-7-8-12-9-13-10)29(19,22-26(3)16)23-27(4)17/h7-9,11,14-17H,5-6H2,1-4H3. The minimum atomic E-state index is -4.51. The summed E-state index contributed by atoms with van der Waals surface area (Å²) >= 11 is 0. The van der Waals surface area contributed by atoms with Crippen LogP contribution in [0.4, 0.5) is 0 Å². The molecular weight excluding hydrogens is 506 g/mol. The molecule has 1 heterocycles. The van der Waals surface area contributed by atoms with E-state index in [1.54, 1.807) is 6.07 Å². The van der Waals surface area contributed by atoms with E-state index in [0.717, 1.165) is 0 Å². The van der Waals surface area contributed by atoms with Gasteiger partial charge < -0.3 is 19.6 Å². The van der Waals surface area contributed by atoms with Crippen molar-refractivity contribution in [1.29, 1.82) is 0 Å². The van der Waals surface area contributed by atoms with Crippen LogP contribution in [0.25, 0.3) is 0 Å². The minimum Gasteiger partial charge on any atom is -0.350 e. The van der Waals surface area contributed by atoms with E-state index < -0.39 is 54.1 Å². The molecule has 0 aromatic carbocycles. The minimum absolute atomic E-state index is 0.0981. The third-order valence-electron chi connectivity index (χ3n) is 2.96. The molecule has 18 heteroatoms. The second-order valence-corrected chi connectivity index (χ2v) is 15.6. The van der Waals surface area contributed by atoms with Crippen molar-refractivity contribution in [3.63, 3.8) is 0 Å². The van der Waals surface area contributed by atoms with E-state index >= 15 is 0 Å². The first-order valence-corrected chi connectivity index (χ1v) is 17.7. The SMILES string of the molecule is CP(O)OP(=O)(OP(C)O)C(CCc1ccncn1)P(=O)(OP(C)O)OP(C)O. The normalized spacial score (nSPS) is 21.4. The van der Waals surface area contributed by atoms with Gasteiger partial charge in [0.1, 0.15) is 6.33 Å². The third-order valence-corrected chi connectivity index (χ3v) is 14.1. The van der Waals surface area contributed by atoms with Crippen molar-refractivity contribution in [3.8, 4) is 0 Å². The maximum Gasteiger partial charge on any atom is 0.356 e. The van der Waals surface area contributed by atoms with Crippen LogP contribution in [0.5, 0.6) is 0 Å². The molecule has 0 saturated heterocycles. The van der Waals surface area contributed by atoms with E-state index in [1.165, 1.54) is 39.2 Å². The van der Waals surface area contributed by atoms with Crippen LogP contribution < -0.4 is 0 Å². The van der Waals surface area contributed by atoms with E-state index in [4.69, 9.17) is 17.2 Å². The van der Waals surface area contributed by atoms with Crippen LogP contribution in [-0.2, 0) is 32.8 Å². The quantitative estimate of drug-likeness (QED) is 0.271. The molecular formula is C11H24N2O10P6. The highest BCUT2D eigenvalue weighted by molar-refractivity contribution is 7.82. The van der Waals surface area contributed by atoms with Gasteiger partial charge in [-0.05, 0) is 18.9 Å². The molecule has 1 aromatic rings. The first kappa shape index (κ1) is 28.0. The van der Waals surface area contributed by atoms with Gasteiger partial charge in [-0.2, -0.15) is 0 Å². The summed E-state index contributed by atoms with van der Waals surface area (Å²) in [6.07, 6.45) is 2.66. The topological polar surface area (TPSA) is 178 Å². The van der Waals surface area contributed by atoms with Crippen LogP contribution in [0.3, 0.4) is 0 Å². The Balaban J connectivity index is 3.42. The van der Waals surface area contributed by atoms with Crippen LogP contribution in [0.2, 0.25) is 0 Å². The van der Waals surface area contributed by atoms with Gasteiger partial charge in [0.05, 0.1) is 0 Å². The zero-order valence-corrected chi connectivity index (χ0v) is 21.4. The van der Waals surface area contributed by atoms with E-state index in [-0.39, 0.29) is 12.8 Å². The lowest BCUT2D eigenvalue weighted by atomic mass is 10.2. The van der Waals surface area contributed by atoms with Crippen molar-refractivity contribution >= 4 is 48.7 Å². The first-order valence-electron chi connectivity index (χ1n) is 7.81. The summed E-state index contributed by atoms with van der Waals surface area (Å²) in [5, 5.41) is -1.66. The molecule has 0 saturated carbocycles. The van der Waals surface area contributed by atoms with Gasteiger partial charge in [-0.15, -0.1) is 0 Å². The van der Waals surface area contributed by atoms with Gasteiger partial charge in [0.2, 0.25) is 0 Å². The molecule has 0 amide bonds. The maximum absolute atomic E-state index is 13.5. The molecule has 0 aliphatic carbocycles. The molecule has 1 rings (SSSR count). The number of hydrogen-bond donors (Lipinski definition) is 4. The lowest BCUT2D eigenvalue weighted by molar-refractivity contribution is 0.347. The predicted octanol–water partition coefficient (Wildman–Crippen LogP) is 3.92. The smallest absolute Gasteiger partial charge is 0.350 e. The van der Waals surface area contributed by atoms with E-state index in [2.05, 4.69) is 9.97 Å². The highest BCUT2D eigenvalue weighted by Crippen LogP contribution is 2.80. The Labute approximate surface area is 174 Å². The summed E-state index contributed by atoms with van der Waals surface area (Å²) in [4.78, 5) is 46.6. The molecule has 12 nitrogen and oxygen atoms in total. The molecule has 4 unspecified atom stereocenters. The monoisotopic (exact) mass is 530 g/mol. The van der Waals surface area contributed by atoms with Crippen molar-refractivity contribution in [2.75, 3.05) is 26.7 Å². The highest BCUT2D eigenvalue weighted by Gasteiger charge is 2.54. The molecule has 0 spiro atoms. The number of aryl methyl sites for hydroxylation is 1. The molecule has 0 radical (unpaired) electrons. The first-order chi connectivity index (χ1) is 13.4. The number of hydrogen-bond acceptors (Lipinski definition) is 12. The van der Waals surface area contributed by atoms with Gasteiger partial charge in [0, 0.05) is 38.6 Å². The number of aromatic nitrogens is 2. The molecule has 4 atom stereocenters. The van der Waals surface area contributed by atoms with Crippen LogP contribution in [0.1, 0.15) is 12.1 Å². The summed E-state index contributed by atoms with van der Waals surface area (Å²) in [5.74, 6) is 0. The predicted molar refractivity (Wildman–Crippen MR) is 114 cm³/mol. The number of nitrogens with zero attached hydrogens (tertiary/aromatic N) is 2. The highest BCUT2D eigenvalue weighted by atomic mass is 31.3. The van der Waals surface area contributed by atoms with Crippen molar-refractivity contribution < 1.29 is 45.9 Å². The molecule has 29 heavy (non-hydrogen) atoms. The van der Waals surface area contributed by atoms with Crippen molar-refractivity contribution in [3.05, 3.63) is 24.3 Å². The second kappa shape index (κ2) is 12.8. The zero-order valence-electron chi connectivity index (χ0n) is 16.0. The summed E-state index contributed by atoms with van der Waals surface area (Å²) < 4.78 is 47.5. The Bertz CT molecular complexity index is 643. The maximum atomic E-state index is 13.5. The molecule has 0 fully saturated rings. The van der Waals surface area contributed by atoms with Gasteiger partial charge >= 0.3 is 15.2 Å². The molecule has 168 valence electrons. The van der Waals surface area contributed by atoms with E-state index in [0.29, 0.717) is 5.69 Å². The van der Waals surface area contributed by atoms with Crippen LogP contribution in [-0.4, -0.2) is 61.6 Å². The Hall–Kier alpha value is 0.940. The lowest BCUT2D eigenvalue weighted by Crippen LogP contribution is -2.15. The summed E-state index contributed by atoms with van der Waals surface area (Å²) in [7, 11) is -18.1. The van der Waals surface area contributed by atoms with Gasteiger partial charge in [-0.3, -0.25) is 26.4 Å². The van der Waals surface area contributed by atoms with E-state index in [9.17, 15) is 28.7 Å². The third kappa shape index (κ3) is 9.95. The fraction of sp³-hybridized carbons (Fsp3) is 0.636. The van der Waals surface area contributed by atoms with Crippen LogP contribution >= 0.6 is 48.7 Å². The fourth-order valence-corrected chi connectivity index (χ4v) is 13.7. The van der Waals surface area contributed by atoms with Crippen LogP contribution in [0.15, 0.2) is 18.6 Å². The Morgan fingerprint density at radius 3 is 1.62 bits per heavy atom. The van der Waals surface area contributed by atoms with Gasteiger partial charge in [-0.25, -0.2) is 9.97 Å². The largest absolute Gasteiger partial charge is 0.356 e. The summed E-state index contributed by atoms with van der Waals surface area (Å²) in [6, 6.07) is 1.57. The lowest BCUT2D eigenvalue weighted by Gasteiger charge is -2.33. The molecule has 4 N–H and O–H groups in total. The average Bonchev–Trinajstić information content (AvgIpc) is 2.52. The van der Waals surface area contributed by atoms with E-state index in [1.807, 2.05) is 0 Å². The number of rotatable bonds is 13. The zero-order chi connectivity index (χ0) is 22.2. The Morgan fingerprint density at radius 1 is 0.897 bits per heavy atom. The Morgan fingerprint density at radius 2 is 1.31 bits per heavy atom. The molecule has 0 aliphatic heterocycles. The van der Waals surface area contributed by atoms with Crippen molar-refractivity contribution in [1.82, 2.24) is 9.97 Å². The van der Waals surface area contributed by atoms with Gasteiger partial charge in [-0.1, -0.05) is 0 Å². The molecule has 1 aromatic heterocycles. The summed E-state index contributed by atoms with van der Waals surface area (Å²) in [6.45, 7) is 4.86. The van der Waals surface area contributed by atoms with Gasteiger partial charge in [0.25, 0.3) is 0 Å². The van der Waals surface area contributed by atoms with Gasteiger partial charge in [0.15, 0.2) is 38.9 Å². The fourth-order valence-electron chi connectivity index (χ4n) is 2.14. The second-order valence-electron chi connectivity index (χ2n) is 5.48. The van der Waals surface area contributed by atoms with Crippen LogP contribution in [0, 0.1) is 0 Å². The molecule has 0 bridgehead atoms. The van der Waals surface area contributed by atoms with Crippen molar-refractivity contribution in [2.45, 2.75) is 18.2 Å². The van der Waals surface area contributed by atoms with Crippen molar-refractivity contribution in [2.24, 2.45) is 0 Å². The summed E-state index contributed by atoms with van der Waals surface area (Å²) in [5.41, 5.74) is 0.499.